The van der Waals surface area contributed by atoms with Gasteiger partial charge in [0.1, 0.15) is 0 Å². The van der Waals surface area contributed by atoms with E-state index in [1.165, 1.54) is 0 Å². The minimum absolute atomic E-state index is 0.171. The quantitative estimate of drug-likeness (QED) is 0.768. The number of H-pyrrole nitrogens is 1. The minimum Gasteiger partial charge on any atom is -0.362 e. The first kappa shape index (κ1) is 11.9. The summed E-state index contributed by atoms with van der Waals surface area (Å²) in [6.45, 7) is 2.87. The standard InChI is InChI=1S/C13H12N4OS/c1-2-14-13-15-7-11(19-13)8-3-4-9-6-16-17-12(18)10(9)5-8/h3-7H,2H2,1H3,(H,14,15)(H,17,18). The molecule has 0 aliphatic carbocycles. The number of fused-ring (bicyclic) bond motifs is 1. The van der Waals surface area contributed by atoms with Crippen LogP contribution in [0.5, 0.6) is 0 Å². The first-order valence-electron chi connectivity index (χ1n) is 5.95. The van der Waals surface area contributed by atoms with Gasteiger partial charge in [0.15, 0.2) is 5.13 Å². The zero-order valence-corrected chi connectivity index (χ0v) is 11.1. The SMILES string of the molecule is CCNc1ncc(-c2ccc3cn[nH]c(=O)c3c2)s1. The zero-order chi connectivity index (χ0) is 13.2. The van der Waals surface area contributed by atoms with Crippen LogP contribution in [0, 0.1) is 0 Å². The van der Waals surface area contributed by atoms with E-state index in [4.69, 9.17) is 0 Å². The molecule has 2 heterocycles. The molecule has 0 saturated carbocycles. The summed E-state index contributed by atoms with van der Waals surface area (Å²) >= 11 is 1.57. The predicted molar refractivity (Wildman–Crippen MR) is 77.6 cm³/mol. The zero-order valence-electron chi connectivity index (χ0n) is 10.3. The van der Waals surface area contributed by atoms with Gasteiger partial charge in [-0.15, -0.1) is 0 Å². The van der Waals surface area contributed by atoms with Crippen LogP contribution in [0.3, 0.4) is 0 Å². The number of thiazole rings is 1. The number of nitrogens with zero attached hydrogens (tertiary/aromatic N) is 2. The summed E-state index contributed by atoms with van der Waals surface area (Å²) < 4.78 is 0. The number of aromatic nitrogens is 3. The highest BCUT2D eigenvalue weighted by molar-refractivity contribution is 7.18. The molecule has 0 saturated heterocycles. The third kappa shape index (κ3) is 2.22. The number of nitrogens with one attached hydrogen (secondary N) is 2. The Kier molecular flexibility index (Phi) is 3.00. The first-order chi connectivity index (χ1) is 9.28. The first-order valence-corrected chi connectivity index (χ1v) is 6.77. The van der Waals surface area contributed by atoms with E-state index in [1.807, 2.05) is 31.3 Å². The highest BCUT2D eigenvalue weighted by Crippen LogP contribution is 2.30. The molecule has 96 valence electrons. The molecule has 1 aromatic carbocycles. The molecular weight excluding hydrogens is 260 g/mol. The van der Waals surface area contributed by atoms with Crippen LogP contribution in [0.2, 0.25) is 0 Å². The van der Waals surface area contributed by atoms with Gasteiger partial charge < -0.3 is 5.32 Å². The molecule has 0 atom stereocenters. The summed E-state index contributed by atoms with van der Waals surface area (Å²) in [7, 11) is 0. The molecule has 3 aromatic rings. The Bertz CT molecular complexity index is 777. The smallest absolute Gasteiger partial charge is 0.272 e. The average molecular weight is 272 g/mol. The lowest BCUT2D eigenvalue weighted by Crippen LogP contribution is -2.07. The fraction of sp³-hybridized carbons (Fsp3) is 0.154. The number of aromatic amines is 1. The largest absolute Gasteiger partial charge is 0.362 e. The van der Waals surface area contributed by atoms with E-state index in [9.17, 15) is 4.79 Å². The monoisotopic (exact) mass is 272 g/mol. The molecule has 5 nitrogen and oxygen atoms in total. The normalized spacial score (nSPS) is 10.8. The van der Waals surface area contributed by atoms with Crippen LogP contribution < -0.4 is 10.9 Å². The van der Waals surface area contributed by atoms with Crippen LogP contribution >= 0.6 is 11.3 Å². The Morgan fingerprint density at radius 2 is 2.26 bits per heavy atom. The molecule has 0 aliphatic heterocycles. The van der Waals surface area contributed by atoms with Gasteiger partial charge in [0.25, 0.3) is 5.56 Å². The van der Waals surface area contributed by atoms with Crippen LogP contribution in [-0.2, 0) is 0 Å². The predicted octanol–water partition coefficient (Wildman–Crippen LogP) is 2.48. The number of anilines is 1. The van der Waals surface area contributed by atoms with E-state index in [0.717, 1.165) is 27.5 Å². The van der Waals surface area contributed by atoms with E-state index in [1.54, 1.807) is 17.5 Å². The van der Waals surface area contributed by atoms with Gasteiger partial charge in [0.05, 0.1) is 16.5 Å². The summed E-state index contributed by atoms with van der Waals surface area (Å²) in [5, 5.41) is 11.8. The highest BCUT2D eigenvalue weighted by atomic mass is 32.1. The van der Waals surface area contributed by atoms with Gasteiger partial charge in [0, 0.05) is 18.1 Å². The maximum Gasteiger partial charge on any atom is 0.272 e. The molecule has 2 N–H and O–H groups in total. The van der Waals surface area contributed by atoms with Gasteiger partial charge in [-0.3, -0.25) is 4.79 Å². The lowest BCUT2D eigenvalue weighted by molar-refractivity contribution is 1.01. The van der Waals surface area contributed by atoms with Crippen molar-refractivity contribution in [3.63, 3.8) is 0 Å². The number of benzene rings is 1. The van der Waals surface area contributed by atoms with Gasteiger partial charge in [-0.1, -0.05) is 23.5 Å². The summed E-state index contributed by atoms with van der Waals surface area (Å²) in [6.07, 6.45) is 3.47. The Morgan fingerprint density at radius 3 is 3.11 bits per heavy atom. The van der Waals surface area contributed by atoms with Gasteiger partial charge in [-0.25, -0.2) is 10.1 Å². The van der Waals surface area contributed by atoms with Gasteiger partial charge in [0.2, 0.25) is 0 Å². The topological polar surface area (TPSA) is 70.7 Å². The molecule has 0 bridgehead atoms. The van der Waals surface area contributed by atoms with Crippen molar-refractivity contribution in [2.45, 2.75) is 6.92 Å². The van der Waals surface area contributed by atoms with Gasteiger partial charge >= 0.3 is 0 Å². The molecule has 0 amide bonds. The van der Waals surface area contributed by atoms with Crippen LogP contribution in [0.15, 0.2) is 35.4 Å². The average Bonchev–Trinajstić information content (AvgIpc) is 2.88. The van der Waals surface area contributed by atoms with Crippen molar-refractivity contribution in [1.82, 2.24) is 15.2 Å². The maximum atomic E-state index is 11.7. The molecule has 0 fully saturated rings. The van der Waals surface area contributed by atoms with Crippen molar-refractivity contribution in [2.75, 3.05) is 11.9 Å². The van der Waals surface area contributed by atoms with Crippen molar-refractivity contribution >= 4 is 27.2 Å². The minimum atomic E-state index is -0.171. The molecule has 0 aliphatic rings. The van der Waals surface area contributed by atoms with Crippen molar-refractivity contribution in [2.24, 2.45) is 0 Å². The lowest BCUT2D eigenvalue weighted by Gasteiger charge is -1.99. The van der Waals surface area contributed by atoms with Crippen molar-refractivity contribution in [3.8, 4) is 10.4 Å². The molecule has 2 aromatic heterocycles. The molecule has 19 heavy (non-hydrogen) atoms. The van der Waals surface area contributed by atoms with Crippen LogP contribution in [0.4, 0.5) is 5.13 Å². The molecular formula is C13H12N4OS. The second-order valence-electron chi connectivity index (χ2n) is 4.06. The Balaban J connectivity index is 2.09. The maximum absolute atomic E-state index is 11.7. The lowest BCUT2D eigenvalue weighted by atomic mass is 10.1. The van der Waals surface area contributed by atoms with Crippen molar-refractivity contribution in [3.05, 3.63) is 40.9 Å². The molecule has 0 spiro atoms. The third-order valence-corrected chi connectivity index (χ3v) is 3.79. The van der Waals surface area contributed by atoms with Crippen LogP contribution in [0.1, 0.15) is 6.92 Å². The Hall–Kier alpha value is -2.21. The fourth-order valence-corrected chi connectivity index (χ4v) is 2.76. The Morgan fingerprint density at radius 1 is 1.37 bits per heavy atom. The molecule has 0 radical (unpaired) electrons. The summed E-state index contributed by atoms with van der Waals surface area (Å²) in [4.78, 5) is 17.1. The molecule has 3 rings (SSSR count). The van der Waals surface area contributed by atoms with Crippen LogP contribution in [0.25, 0.3) is 21.2 Å². The summed E-state index contributed by atoms with van der Waals surface area (Å²) in [5.41, 5.74) is 0.821. The van der Waals surface area contributed by atoms with Crippen molar-refractivity contribution < 1.29 is 0 Å². The highest BCUT2D eigenvalue weighted by Gasteiger charge is 2.06. The molecule has 6 heteroatoms. The fourth-order valence-electron chi connectivity index (χ4n) is 1.88. The van der Waals surface area contributed by atoms with E-state index < -0.39 is 0 Å². The molecule has 0 unspecified atom stereocenters. The number of hydrogen-bond acceptors (Lipinski definition) is 5. The third-order valence-electron chi connectivity index (χ3n) is 2.79. The van der Waals surface area contributed by atoms with E-state index in [0.29, 0.717) is 5.39 Å². The van der Waals surface area contributed by atoms with Crippen LogP contribution in [-0.4, -0.2) is 21.7 Å². The second kappa shape index (κ2) is 4.81. The van der Waals surface area contributed by atoms with E-state index in [2.05, 4.69) is 20.5 Å². The van der Waals surface area contributed by atoms with E-state index in [-0.39, 0.29) is 5.56 Å². The van der Waals surface area contributed by atoms with Gasteiger partial charge in [-0.05, 0) is 18.6 Å². The number of hydrogen-bond donors (Lipinski definition) is 2. The number of rotatable bonds is 3. The van der Waals surface area contributed by atoms with Gasteiger partial charge in [-0.2, -0.15) is 5.10 Å². The second-order valence-corrected chi connectivity index (χ2v) is 5.09. The van der Waals surface area contributed by atoms with Crippen molar-refractivity contribution in [1.29, 1.82) is 0 Å². The summed E-state index contributed by atoms with van der Waals surface area (Å²) in [5.74, 6) is 0. The summed E-state index contributed by atoms with van der Waals surface area (Å²) in [6, 6.07) is 5.76. The Labute approximate surface area is 113 Å². The van der Waals surface area contributed by atoms with E-state index >= 15 is 0 Å².